The Morgan fingerprint density at radius 1 is 0.833 bits per heavy atom. The summed E-state index contributed by atoms with van der Waals surface area (Å²) in [5.41, 5.74) is 3.68. The van der Waals surface area contributed by atoms with Gasteiger partial charge in [-0.1, -0.05) is 95.7 Å². The van der Waals surface area contributed by atoms with Crippen molar-refractivity contribution in [1.82, 2.24) is 4.90 Å². The number of halogens is 1. The first kappa shape index (κ1) is 22.3. The van der Waals surface area contributed by atoms with E-state index in [0.29, 0.717) is 6.42 Å². The summed E-state index contributed by atoms with van der Waals surface area (Å²) >= 11 is 3.50. The van der Waals surface area contributed by atoms with E-state index in [1.54, 1.807) is 6.92 Å². The highest BCUT2D eigenvalue weighted by Gasteiger charge is 2.25. The van der Waals surface area contributed by atoms with Crippen molar-refractivity contribution < 1.29 is 9.90 Å². The molecule has 3 rings (SSSR count). The molecule has 3 aromatic rings. The Balaban J connectivity index is 1.90. The van der Waals surface area contributed by atoms with Gasteiger partial charge in [0, 0.05) is 23.6 Å². The molecule has 30 heavy (non-hydrogen) atoms. The smallest absolute Gasteiger partial charge is 0.306 e. The zero-order chi connectivity index (χ0) is 21.3. The minimum Gasteiger partial charge on any atom is -0.481 e. The van der Waals surface area contributed by atoms with E-state index in [-0.39, 0.29) is 6.04 Å². The molecule has 0 amide bonds. The Bertz CT molecular complexity index is 871. The summed E-state index contributed by atoms with van der Waals surface area (Å²) in [5, 5.41) is 9.57. The van der Waals surface area contributed by atoms with Crippen LogP contribution in [0.2, 0.25) is 0 Å². The highest BCUT2D eigenvalue weighted by Crippen LogP contribution is 2.23. The average Bonchev–Trinajstić information content (AvgIpc) is 2.75. The summed E-state index contributed by atoms with van der Waals surface area (Å²) in [6, 6.07) is 29.2. The third kappa shape index (κ3) is 6.82. The van der Waals surface area contributed by atoms with Crippen LogP contribution in [0.25, 0.3) is 0 Å². The first-order chi connectivity index (χ1) is 14.5. The predicted molar refractivity (Wildman–Crippen MR) is 125 cm³/mol. The fourth-order valence-electron chi connectivity index (χ4n) is 3.71. The summed E-state index contributed by atoms with van der Waals surface area (Å²) in [6.45, 7) is 3.37. The number of benzene rings is 3. The van der Waals surface area contributed by atoms with Crippen molar-refractivity contribution in [1.29, 1.82) is 0 Å². The Kier molecular flexibility index (Phi) is 8.23. The quantitative estimate of drug-likeness (QED) is 0.388. The molecular weight excluding hydrogens is 438 g/mol. The molecule has 0 heterocycles. The second kappa shape index (κ2) is 11.1. The van der Waals surface area contributed by atoms with Crippen molar-refractivity contribution in [2.24, 2.45) is 5.92 Å². The van der Waals surface area contributed by atoms with Gasteiger partial charge in [0.1, 0.15) is 0 Å². The van der Waals surface area contributed by atoms with Gasteiger partial charge in [0.25, 0.3) is 0 Å². The topological polar surface area (TPSA) is 40.5 Å². The molecule has 0 aliphatic heterocycles. The van der Waals surface area contributed by atoms with E-state index in [1.165, 1.54) is 16.7 Å². The minimum atomic E-state index is -0.741. The lowest BCUT2D eigenvalue weighted by Gasteiger charge is -2.33. The van der Waals surface area contributed by atoms with Gasteiger partial charge in [0.15, 0.2) is 0 Å². The van der Waals surface area contributed by atoms with E-state index in [9.17, 15) is 9.90 Å². The number of nitrogens with zero attached hydrogens (tertiary/aromatic N) is 1. The van der Waals surface area contributed by atoms with E-state index in [2.05, 4.69) is 81.5 Å². The van der Waals surface area contributed by atoms with Gasteiger partial charge in [0.2, 0.25) is 0 Å². The lowest BCUT2D eigenvalue weighted by Crippen LogP contribution is -2.38. The van der Waals surface area contributed by atoms with E-state index >= 15 is 0 Å². The van der Waals surface area contributed by atoms with Crippen molar-refractivity contribution in [3.63, 3.8) is 0 Å². The van der Waals surface area contributed by atoms with Crippen LogP contribution in [0.4, 0.5) is 0 Å². The third-order valence-electron chi connectivity index (χ3n) is 5.41. The molecule has 0 aromatic heterocycles. The zero-order valence-corrected chi connectivity index (χ0v) is 18.8. The standard InChI is InChI=1S/C26H28BrNO2/c1-20(26(29)30)16-25(17-21-12-14-24(27)15-13-21)28(18-22-8-4-2-5-9-22)19-23-10-6-3-7-11-23/h2-15,20,25H,16-19H2,1H3,(H,29,30)/t20-,25+/m1/s1. The second-order valence-electron chi connectivity index (χ2n) is 7.84. The highest BCUT2D eigenvalue weighted by molar-refractivity contribution is 9.10. The lowest BCUT2D eigenvalue weighted by atomic mass is 9.94. The monoisotopic (exact) mass is 465 g/mol. The van der Waals surface area contributed by atoms with Gasteiger partial charge in [-0.2, -0.15) is 0 Å². The molecule has 0 bridgehead atoms. The van der Waals surface area contributed by atoms with Crippen LogP contribution in [0.15, 0.2) is 89.4 Å². The maximum Gasteiger partial charge on any atom is 0.306 e. The molecule has 156 valence electrons. The molecule has 4 heteroatoms. The maximum absolute atomic E-state index is 11.6. The van der Waals surface area contributed by atoms with Gasteiger partial charge in [-0.3, -0.25) is 9.69 Å². The summed E-state index contributed by atoms with van der Waals surface area (Å²) in [7, 11) is 0. The lowest BCUT2D eigenvalue weighted by molar-refractivity contribution is -0.141. The minimum absolute atomic E-state index is 0.109. The molecule has 0 saturated heterocycles. The fourth-order valence-corrected chi connectivity index (χ4v) is 3.98. The van der Waals surface area contributed by atoms with Crippen molar-refractivity contribution in [2.45, 2.75) is 38.9 Å². The van der Waals surface area contributed by atoms with Crippen molar-refractivity contribution in [3.8, 4) is 0 Å². The molecule has 0 spiro atoms. The van der Waals surface area contributed by atoms with Crippen molar-refractivity contribution in [3.05, 3.63) is 106 Å². The molecule has 0 radical (unpaired) electrons. The first-order valence-corrected chi connectivity index (χ1v) is 11.1. The number of rotatable bonds is 10. The Labute approximate surface area is 187 Å². The molecule has 2 atom stereocenters. The van der Waals surface area contributed by atoms with Crippen LogP contribution < -0.4 is 0 Å². The Hall–Kier alpha value is -2.43. The summed E-state index contributed by atoms with van der Waals surface area (Å²) < 4.78 is 1.05. The van der Waals surface area contributed by atoms with Gasteiger partial charge < -0.3 is 5.11 Å². The van der Waals surface area contributed by atoms with Crippen LogP contribution in [-0.2, 0) is 24.3 Å². The van der Waals surface area contributed by atoms with Gasteiger partial charge >= 0.3 is 5.97 Å². The normalized spacial score (nSPS) is 13.2. The number of hydrogen-bond acceptors (Lipinski definition) is 2. The number of hydrogen-bond donors (Lipinski definition) is 1. The molecule has 0 saturated carbocycles. The van der Waals surface area contributed by atoms with Crippen LogP contribution in [0.5, 0.6) is 0 Å². The van der Waals surface area contributed by atoms with Crippen LogP contribution in [0.1, 0.15) is 30.0 Å². The molecule has 0 aliphatic carbocycles. The second-order valence-corrected chi connectivity index (χ2v) is 8.75. The van der Waals surface area contributed by atoms with Crippen LogP contribution in [0, 0.1) is 5.92 Å². The largest absolute Gasteiger partial charge is 0.481 e. The van der Waals surface area contributed by atoms with E-state index in [0.717, 1.165) is 24.0 Å². The van der Waals surface area contributed by atoms with Crippen molar-refractivity contribution in [2.75, 3.05) is 0 Å². The van der Waals surface area contributed by atoms with Gasteiger partial charge in [-0.25, -0.2) is 0 Å². The molecule has 0 fully saturated rings. The van der Waals surface area contributed by atoms with Crippen LogP contribution >= 0.6 is 15.9 Å². The summed E-state index contributed by atoms with van der Waals surface area (Å²) in [4.78, 5) is 14.1. The Morgan fingerprint density at radius 3 is 1.80 bits per heavy atom. The zero-order valence-electron chi connectivity index (χ0n) is 17.2. The summed E-state index contributed by atoms with van der Waals surface area (Å²) in [6.07, 6.45) is 1.41. The molecule has 0 unspecified atom stereocenters. The number of carbonyl (C=O) groups is 1. The summed E-state index contributed by atoms with van der Waals surface area (Å²) in [5.74, 6) is -1.14. The van der Waals surface area contributed by atoms with Crippen LogP contribution in [-0.4, -0.2) is 22.0 Å². The van der Waals surface area contributed by atoms with Gasteiger partial charge in [-0.05, 0) is 41.7 Å². The number of aliphatic carboxylic acids is 1. The number of carboxylic acids is 1. The maximum atomic E-state index is 11.6. The Morgan fingerprint density at radius 2 is 1.33 bits per heavy atom. The van der Waals surface area contributed by atoms with Gasteiger partial charge in [-0.15, -0.1) is 0 Å². The van der Waals surface area contributed by atoms with E-state index in [4.69, 9.17) is 0 Å². The van der Waals surface area contributed by atoms with Gasteiger partial charge in [0.05, 0.1) is 5.92 Å². The SMILES string of the molecule is C[C@H](C[C@@H](Cc1ccc(Br)cc1)N(Cc1ccccc1)Cc1ccccc1)C(=O)O. The van der Waals surface area contributed by atoms with E-state index in [1.807, 2.05) is 24.3 Å². The first-order valence-electron chi connectivity index (χ1n) is 10.3. The average molecular weight is 466 g/mol. The third-order valence-corrected chi connectivity index (χ3v) is 5.93. The molecule has 3 aromatic carbocycles. The molecular formula is C26H28BrNO2. The predicted octanol–water partition coefficient (Wildman–Crippen LogP) is 6.17. The fraction of sp³-hybridized carbons (Fsp3) is 0.269. The molecule has 3 nitrogen and oxygen atoms in total. The highest BCUT2D eigenvalue weighted by atomic mass is 79.9. The van der Waals surface area contributed by atoms with Crippen LogP contribution in [0.3, 0.4) is 0 Å². The molecule has 1 N–H and O–H groups in total. The number of carboxylic acid groups (broad SMARTS) is 1. The van der Waals surface area contributed by atoms with E-state index < -0.39 is 11.9 Å². The molecule has 0 aliphatic rings. The van der Waals surface area contributed by atoms with Crippen molar-refractivity contribution >= 4 is 21.9 Å².